The summed E-state index contributed by atoms with van der Waals surface area (Å²) in [5, 5.41) is 0.131. The molecule has 2 aromatic rings. The van der Waals surface area contributed by atoms with Gasteiger partial charge < -0.3 is 9.47 Å². The maximum Gasteiger partial charge on any atom is 0.244 e. The van der Waals surface area contributed by atoms with E-state index in [0.29, 0.717) is 30.3 Å². The SMILES string of the molecule is C[C@@H](NS(=O)(=O)c1ccc(Cl)cc1F)c1ccc2c(c1)OCCO2. The molecule has 1 aliphatic heterocycles. The van der Waals surface area contributed by atoms with Gasteiger partial charge in [-0.05, 0) is 42.8 Å². The molecule has 24 heavy (non-hydrogen) atoms. The Kier molecular flexibility index (Phi) is 4.67. The summed E-state index contributed by atoms with van der Waals surface area (Å²) in [6, 6.07) is 8.01. The molecule has 0 saturated carbocycles. The topological polar surface area (TPSA) is 64.6 Å². The van der Waals surface area contributed by atoms with Crippen LogP contribution in [0.4, 0.5) is 4.39 Å². The monoisotopic (exact) mass is 371 g/mol. The fourth-order valence-corrected chi connectivity index (χ4v) is 3.84. The second kappa shape index (κ2) is 6.58. The molecule has 1 atom stereocenters. The van der Waals surface area contributed by atoms with Crippen LogP contribution in [0.5, 0.6) is 11.5 Å². The predicted molar refractivity (Wildman–Crippen MR) is 87.6 cm³/mol. The first-order valence-electron chi connectivity index (χ1n) is 7.24. The molecule has 0 unspecified atom stereocenters. The highest BCUT2D eigenvalue weighted by molar-refractivity contribution is 7.89. The molecule has 128 valence electrons. The molecule has 0 bridgehead atoms. The zero-order chi connectivity index (χ0) is 17.3. The largest absolute Gasteiger partial charge is 0.486 e. The standard InChI is InChI=1S/C16H15ClFNO4S/c1-10(11-2-4-14-15(8-11)23-7-6-22-14)19-24(20,21)16-5-3-12(17)9-13(16)18/h2-5,8-10,19H,6-7H2,1H3/t10-/m1/s1. The molecule has 0 aromatic heterocycles. The minimum Gasteiger partial charge on any atom is -0.486 e. The van der Waals surface area contributed by atoms with Gasteiger partial charge >= 0.3 is 0 Å². The molecule has 0 spiro atoms. The second-order valence-corrected chi connectivity index (χ2v) is 7.44. The van der Waals surface area contributed by atoms with Gasteiger partial charge in [-0.3, -0.25) is 0 Å². The van der Waals surface area contributed by atoms with Crippen molar-refractivity contribution in [2.45, 2.75) is 17.9 Å². The van der Waals surface area contributed by atoms with Crippen LogP contribution in [0, 0.1) is 5.82 Å². The van der Waals surface area contributed by atoms with Gasteiger partial charge in [0.2, 0.25) is 10.0 Å². The Morgan fingerprint density at radius 2 is 1.83 bits per heavy atom. The second-order valence-electron chi connectivity index (χ2n) is 5.32. The van der Waals surface area contributed by atoms with Crippen molar-refractivity contribution in [1.29, 1.82) is 0 Å². The van der Waals surface area contributed by atoms with Crippen molar-refractivity contribution >= 4 is 21.6 Å². The maximum atomic E-state index is 13.9. The van der Waals surface area contributed by atoms with Crippen LogP contribution in [0.3, 0.4) is 0 Å². The quantitative estimate of drug-likeness (QED) is 0.895. The predicted octanol–water partition coefficient (Wildman–Crippen LogP) is 3.29. The summed E-state index contributed by atoms with van der Waals surface area (Å²) < 4.78 is 52.0. The Labute approximate surface area is 144 Å². The van der Waals surface area contributed by atoms with Crippen LogP contribution >= 0.6 is 11.6 Å². The van der Waals surface area contributed by atoms with Gasteiger partial charge in [-0.2, -0.15) is 0 Å². The van der Waals surface area contributed by atoms with Gasteiger partial charge in [0.15, 0.2) is 11.5 Å². The van der Waals surface area contributed by atoms with Crippen molar-refractivity contribution in [1.82, 2.24) is 4.72 Å². The van der Waals surface area contributed by atoms with Crippen molar-refractivity contribution in [2.24, 2.45) is 0 Å². The van der Waals surface area contributed by atoms with Gasteiger partial charge in [0.05, 0.1) is 0 Å². The molecular formula is C16H15ClFNO4S. The average Bonchev–Trinajstić information content (AvgIpc) is 2.53. The molecule has 1 N–H and O–H groups in total. The fraction of sp³-hybridized carbons (Fsp3) is 0.250. The molecule has 0 radical (unpaired) electrons. The van der Waals surface area contributed by atoms with Crippen molar-refractivity contribution < 1.29 is 22.3 Å². The van der Waals surface area contributed by atoms with E-state index in [1.165, 1.54) is 6.07 Å². The molecule has 5 nitrogen and oxygen atoms in total. The number of sulfonamides is 1. The number of hydrogen-bond acceptors (Lipinski definition) is 4. The van der Waals surface area contributed by atoms with Gasteiger partial charge in [0, 0.05) is 11.1 Å². The summed E-state index contributed by atoms with van der Waals surface area (Å²) in [4.78, 5) is -0.448. The van der Waals surface area contributed by atoms with Crippen molar-refractivity contribution in [3.63, 3.8) is 0 Å². The third kappa shape index (κ3) is 3.48. The lowest BCUT2D eigenvalue weighted by Gasteiger charge is -2.21. The van der Waals surface area contributed by atoms with E-state index in [1.54, 1.807) is 25.1 Å². The number of benzene rings is 2. The molecule has 0 fully saturated rings. The third-order valence-electron chi connectivity index (χ3n) is 3.58. The smallest absolute Gasteiger partial charge is 0.244 e. The van der Waals surface area contributed by atoms with E-state index >= 15 is 0 Å². The van der Waals surface area contributed by atoms with E-state index in [1.807, 2.05) is 0 Å². The third-order valence-corrected chi connectivity index (χ3v) is 5.39. The molecular weight excluding hydrogens is 357 g/mol. The van der Waals surface area contributed by atoms with Crippen molar-refractivity contribution in [3.8, 4) is 11.5 Å². The first kappa shape index (κ1) is 17.0. The maximum absolute atomic E-state index is 13.9. The van der Waals surface area contributed by atoms with Gasteiger partial charge in [-0.1, -0.05) is 17.7 Å². The summed E-state index contributed by atoms with van der Waals surface area (Å²) in [5.41, 5.74) is 0.678. The lowest BCUT2D eigenvalue weighted by Crippen LogP contribution is -2.27. The Morgan fingerprint density at radius 1 is 1.12 bits per heavy atom. The van der Waals surface area contributed by atoms with Crippen LogP contribution < -0.4 is 14.2 Å². The molecule has 1 aliphatic rings. The lowest BCUT2D eigenvalue weighted by atomic mass is 10.1. The highest BCUT2D eigenvalue weighted by Gasteiger charge is 2.23. The molecule has 0 amide bonds. The Morgan fingerprint density at radius 3 is 2.54 bits per heavy atom. The summed E-state index contributed by atoms with van der Waals surface area (Å²) in [7, 11) is -4.03. The number of rotatable bonds is 4. The minimum absolute atomic E-state index is 0.131. The molecule has 3 rings (SSSR count). The van der Waals surface area contributed by atoms with E-state index in [9.17, 15) is 12.8 Å². The zero-order valence-electron chi connectivity index (χ0n) is 12.8. The Bertz CT molecular complexity index is 872. The highest BCUT2D eigenvalue weighted by atomic mass is 35.5. The number of fused-ring (bicyclic) bond motifs is 1. The van der Waals surface area contributed by atoms with Crippen LogP contribution in [0.1, 0.15) is 18.5 Å². The van der Waals surface area contributed by atoms with Crippen LogP contribution in [0.2, 0.25) is 5.02 Å². The first-order valence-corrected chi connectivity index (χ1v) is 9.10. The fourth-order valence-electron chi connectivity index (χ4n) is 2.39. The minimum atomic E-state index is -4.03. The number of halogens is 2. The first-order chi connectivity index (χ1) is 11.4. The van der Waals surface area contributed by atoms with Crippen molar-refractivity contribution in [2.75, 3.05) is 13.2 Å². The summed E-state index contributed by atoms with van der Waals surface area (Å²) in [5.74, 6) is 0.274. The zero-order valence-corrected chi connectivity index (χ0v) is 14.3. The van der Waals surface area contributed by atoms with Crippen LogP contribution in [0.25, 0.3) is 0 Å². The van der Waals surface area contributed by atoms with Gasteiger partial charge in [0.1, 0.15) is 23.9 Å². The van der Waals surface area contributed by atoms with Gasteiger partial charge in [-0.15, -0.1) is 0 Å². The number of hydrogen-bond donors (Lipinski definition) is 1. The summed E-state index contributed by atoms with van der Waals surface area (Å²) >= 11 is 5.66. The van der Waals surface area contributed by atoms with Crippen LogP contribution in [-0.2, 0) is 10.0 Å². The van der Waals surface area contributed by atoms with E-state index in [4.69, 9.17) is 21.1 Å². The molecule has 8 heteroatoms. The molecule has 0 aliphatic carbocycles. The number of ether oxygens (including phenoxy) is 2. The van der Waals surface area contributed by atoms with Gasteiger partial charge in [0.25, 0.3) is 0 Å². The van der Waals surface area contributed by atoms with E-state index < -0.39 is 26.8 Å². The average molecular weight is 372 g/mol. The van der Waals surface area contributed by atoms with Crippen LogP contribution in [0.15, 0.2) is 41.3 Å². The highest BCUT2D eigenvalue weighted by Crippen LogP contribution is 2.33. The summed E-state index contributed by atoms with van der Waals surface area (Å²) in [6.07, 6.45) is 0. The van der Waals surface area contributed by atoms with Crippen LogP contribution in [-0.4, -0.2) is 21.6 Å². The molecule has 2 aromatic carbocycles. The Hall–Kier alpha value is -1.83. The molecule has 1 heterocycles. The van der Waals surface area contributed by atoms with E-state index in [0.717, 1.165) is 12.1 Å². The van der Waals surface area contributed by atoms with E-state index in [2.05, 4.69) is 4.72 Å². The van der Waals surface area contributed by atoms with Gasteiger partial charge in [-0.25, -0.2) is 17.5 Å². The van der Waals surface area contributed by atoms with E-state index in [-0.39, 0.29) is 5.02 Å². The summed E-state index contributed by atoms with van der Waals surface area (Å²) in [6.45, 7) is 2.58. The van der Waals surface area contributed by atoms with Crippen molar-refractivity contribution in [3.05, 3.63) is 52.8 Å². The number of nitrogens with one attached hydrogen (secondary N) is 1. The normalized spacial score (nSPS) is 15.1. The lowest BCUT2D eigenvalue weighted by molar-refractivity contribution is 0.171. The molecule has 0 saturated heterocycles. The Balaban J connectivity index is 1.84.